The lowest BCUT2D eigenvalue weighted by molar-refractivity contribution is -0.142. The highest BCUT2D eigenvalue weighted by Gasteiger charge is 2.09. The lowest BCUT2D eigenvalue weighted by Crippen LogP contribution is -2.25. The van der Waals surface area contributed by atoms with E-state index in [0.717, 1.165) is 0 Å². The molecule has 5 heteroatoms. The van der Waals surface area contributed by atoms with Gasteiger partial charge in [-0.3, -0.25) is 14.2 Å². The van der Waals surface area contributed by atoms with Crippen molar-refractivity contribution in [2.75, 3.05) is 6.61 Å². The fourth-order valence-electron chi connectivity index (χ4n) is 1.57. The summed E-state index contributed by atoms with van der Waals surface area (Å²) in [4.78, 5) is 27.2. The molecule has 0 unspecified atom stereocenters. The zero-order chi connectivity index (χ0) is 13.0. The number of hydrogen-bond acceptors (Lipinski definition) is 4. The van der Waals surface area contributed by atoms with Crippen molar-refractivity contribution >= 4 is 17.0 Å². The Hall–Kier alpha value is -2.61. The van der Waals surface area contributed by atoms with Gasteiger partial charge in [0.05, 0.1) is 17.2 Å². The van der Waals surface area contributed by atoms with Crippen LogP contribution in [-0.2, 0) is 16.1 Å². The van der Waals surface area contributed by atoms with Gasteiger partial charge in [0.25, 0.3) is 5.56 Å². The Balaban J connectivity index is 2.38. The maximum absolute atomic E-state index is 11.7. The maximum Gasteiger partial charge on any atom is 0.327 e. The molecule has 0 bridgehead atoms. The van der Waals surface area contributed by atoms with Gasteiger partial charge in [0.15, 0.2) is 6.61 Å². The molecule has 1 aromatic heterocycles. The van der Waals surface area contributed by atoms with E-state index in [2.05, 4.69) is 10.9 Å². The predicted molar refractivity (Wildman–Crippen MR) is 65.8 cm³/mol. The van der Waals surface area contributed by atoms with E-state index in [0.29, 0.717) is 11.0 Å². The first kappa shape index (κ1) is 11.9. The first-order valence-corrected chi connectivity index (χ1v) is 5.26. The van der Waals surface area contributed by atoms with Crippen LogP contribution in [0.1, 0.15) is 0 Å². The number of aromatic nitrogens is 2. The summed E-state index contributed by atoms with van der Waals surface area (Å²) in [6, 6.07) is 7.06. The molecule has 0 saturated heterocycles. The van der Waals surface area contributed by atoms with Crippen molar-refractivity contribution in [2.24, 2.45) is 0 Å². The minimum Gasteiger partial charge on any atom is -0.451 e. The first-order valence-electron chi connectivity index (χ1n) is 5.26. The summed E-state index contributed by atoms with van der Waals surface area (Å²) in [5.74, 6) is 1.64. The molecule has 0 amide bonds. The molecule has 0 N–H and O–H groups in total. The van der Waals surface area contributed by atoms with Crippen LogP contribution < -0.4 is 5.56 Å². The van der Waals surface area contributed by atoms with Gasteiger partial charge >= 0.3 is 5.97 Å². The van der Waals surface area contributed by atoms with Crippen molar-refractivity contribution in [2.45, 2.75) is 6.54 Å². The van der Waals surface area contributed by atoms with Gasteiger partial charge in [-0.25, -0.2) is 4.98 Å². The minimum atomic E-state index is -0.550. The summed E-state index contributed by atoms with van der Waals surface area (Å²) in [6.45, 7) is -0.278. The zero-order valence-electron chi connectivity index (χ0n) is 9.50. The first-order chi connectivity index (χ1) is 8.72. The van der Waals surface area contributed by atoms with Crippen LogP contribution in [0.3, 0.4) is 0 Å². The van der Waals surface area contributed by atoms with Gasteiger partial charge < -0.3 is 4.74 Å². The number of terminal acetylenes is 1. The van der Waals surface area contributed by atoms with Crippen LogP contribution in [0.5, 0.6) is 0 Å². The summed E-state index contributed by atoms with van der Waals surface area (Å²) in [5.41, 5.74) is 0.871. The summed E-state index contributed by atoms with van der Waals surface area (Å²) in [7, 11) is 0. The molecule has 0 aliphatic heterocycles. The third-order valence-corrected chi connectivity index (χ3v) is 2.36. The monoisotopic (exact) mass is 242 g/mol. The van der Waals surface area contributed by atoms with Crippen LogP contribution >= 0.6 is 0 Å². The van der Waals surface area contributed by atoms with Crippen LogP contribution in [0, 0.1) is 12.3 Å². The molecule has 1 aromatic carbocycles. The van der Waals surface area contributed by atoms with Crippen molar-refractivity contribution in [3.63, 3.8) is 0 Å². The Morgan fingerprint density at radius 3 is 3.00 bits per heavy atom. The number of carbonyl (C=O) groups excluding carboxylic acids is 1. The summed E-state index contributed by atoms with van der Waals surface area (Å²) >= 11 is 0. The molecule has 0 fully saturated rings. The van der Waals surface area contributed by atoms with Crippen LogP contribution in [-0.4, -0.2) is 22.1 Å². The summed E-state index contributed by atoms with van der Waals surface area (Å²) in [6.07, 6.45) is 6.16. The van der Waals surface area contributed by atoms with Crippen molar-refractivity contribution in [1.29, 1.82) is 0 Å². The van der Waals surface area contributed by atoms with E-state index in [1.54, 1.807) is 24.3 Å². The number of benzene rings is 1. The second kappa shape index (κ2) is 5.15. The molecular weight excluding hydrogens is 232 g/mol. The molecular formula is C13H10N2O3. The van der Waals surface area contributed by atoms with E-state index in [-0.39, 0.29) is 18.7 Å². The van der Waals surface area contributed by atoms with Crippen LogP contribution in [0.2, 0.25) is 0 Å². The lowest BCUT2D eigenvalue weighted by atomic mass is 10.3. The standard InChI is InChI=1S/C13H10N2O3/c1-2-7-18-13(17)9-15-11-6-4-3-5-10(11)14-8-12(15)16/h1,3-6,8H,7,9H2. The third kappa shape index (κ3) is 2.38. The normalized spacial score (nSPS) is 9.94. The Morgan fingerprint density at radius 2 is 2.22 bits per heavy atom. The van der Waals surface area contributed by atoms with Crippen LogP contribution in [0.4, 0.5) is 0 Å². The Morgan fingerprint density at radius 1 is 1.44 bits per heavy atom. The Kier molecular flexibility index (Phi) is 3.39. The van der Waals surface area contributed by atoms with E-state index in [1.165, 1.54) is 10.8 Å². The second-order valence-corrected chi connectivity index (χ2v) is 3.54. The molecule has 18 heavy (non-hydrogen) atoms. The number of nitrogens with zero attached hydrogens (tertiary/aromatic N) is 2. The predicted octanol–water partition coefficient (Wildman–Crippen LogP) is 0.573. The van der Waals surface area contributed by atoms with Crippen LogP contribution in [0.15, 0.2) is 35.3 Å². The number of esters is 1. The largest absolute Gasteiger partial charge is 0.451 e. The number of rotatable bonds is 3. The Labute approximate surface area is 103 Å². The van der Waals surface area contributed by atoms with E-state index < -0.39 is 5.97 Å². The molecule has 2 rings (SSSR count). The topological polar surface area (TPSA) is 61.2 Å². The minimum absolute atomic E-state index is 0.101. The highest BCUT2D eigenvalue weighted by molar-refractivity contribution is 5.77. The summed E-state index contributed by atoms with van der Waals surface area (Å²) in [5, 5.41) is 0. The molecule has 1 heterocycles. The molecule has 0 aliphatic carbocycles. The highest BCUT2D eigenvalue weighted by Crippen LogP contribution is 2.07. The lowest BCUT2D eigenvalue weighted by Gasteiger charge is -2.08. The molecule has 0 aliphatic rings. The molecule has 2 aromatic rings. The number of hydrogen-bond donors (Lipinski definition) is 0. The van der Waals surface area contributed by atoms with Gasteiger partial charge in [-0.1, -0.05) is 18.1 Å². The second-order valence-electron chi connectivity index (χ2n) is 3.54. The fraction of sp³-hybridized carbons (Fsp3) is 0.154. The van der Waals surface area contributed by atoms with Crippen molar-refractivity contribution in [3.05, 3.63) is 40.8 Å². The molecule has 0 spiro atoms. The number of carbonyl (C=O) groups is 1. The highest BCUT2D eigenvalue weighted by atomic mass is 16.5. The Bertz CT molecular complexity index is 682. The van der Waals surface area contributed by atoms with Gasteiger partial charge in [-0.15, -0.1) is 6.42 Å². The molecule has 0 saturated carbocycles. The number of ether oxygens (including phenoxy) is 1. The molecule has 0 atom stereocenters. The van der Waals surface area contributed by atoms with E-state index >= 15 is 0 Å². The fourth-order valence-corrected chi connectivity index (χ4v) is 1.57. The van der Waals surface area contributed by atoms with E-state index in [9.17, 15) is 9.59 Å². The SMILES string of the molecule is C#CCOC(=O)Cn1c(=O)cnc2ccccc21. The van der Waals surface area contributed by atoms with E-state index in [1.807, 2.05) is 0 Å². The van der Waals surface area contributed by atoms with Crippen LogP contribution in [0.25, 0.3) is 11.0 Å². The van der Waals surface area contributed by atoms with Crippen molar-refractivity contribution < 1.29 is 9.53 Å². The van der Waals surface area contributed by atoms with Gasteiger partial charge in [-0.05, 0) is 12.1 Å². The molecule has 0 radical (unpaired) electrons. The van der Waals surface area contributed by atoms with Gasteiger partial charge in [0.2, 0.25) is 0 Å². The van der Waals surface area contributed by atoms with Crippen molar-refractivity contribution in [3.8, 4) is 12.3 Å². The summed E-state index contributed by atoms with van der Waals surface area (Å²) < 4.78 is 6.05. The number of fused-ring (bicyclic) bond motifs is 1. The average Bonchev–Trinajstić information content (AvgIpc) is 2.40. The third-order valence-electron chi connectivity index (χ3n) is 2.36. The van der Waals surface area contributed by atoms with Gasteiger partial charge in [-0.2, -0.15) is 0 Å². The average molecular weight is 242 g/mol. The smallest absolute Gasteiger partial charge is 0.327 e. The number of para-hydroxylation sites is 2. The maximum atomic E-state index is 11.7. The quantitative estimate of drug-likeness (QED) is 0.583. The van der Waals surface area contributed by atoms with Gasteiger partial charge in [0.1, 0.15) is 6.54 Å². The molecule has 5 nitrogen and oxygen atoms in total. The zero-order valence-corrected chi connectivity index (χ0v) is 9.50. The molecule has 90 valence electrons. The van der Waals surface area contributed by atoms with E-state index in [4.69, 9.17) is 11.2 Å². The van der Waals surface area contributed by atoms with Crippen molar-refractivity contribution in [1.82, 2.24) is 9.55 Å². The van der Waals surface area contributed by atoms with Gasteiger partial charge in [0, 0.05) is 0 Å².